The van der Waals surface area contributed by atoms with Crippen LogP contribution in [-0.2, 0) is 4.74 Å². The lowest BCUT2D eigenvalue weighted by Crippen LogP contribution is -2.16. The van der Waals surface area contributed by atoms with Crippen LogP contribution >= 0.6 is 0 Å². The van der Waals surface area contributed by atoms with Crippen molar-refractivity contribution in [2.24, 2.45) is 0 Å². The SMILES string of the molecule is CCOC(CNc1nc(C(C)C)no1)c1ccccc1. The molecule has 0 spiro atoms. The topological polar surface area (TPSA) is 60.2 Å². The molecule has 1 N–H and O–H groups in total. The van der Waals surface area contributed by atoms with Gasteiger partial charge in [-0.05, 0) is 12.5 Å². The van der Waals surface area contributed by atoms with Crippen LogP contribution in [-0.4, -0.2) is 23.3 Å². The number of aromatic nitrogens is 2. The highest BCUT2D eigenvalue weighted by molar-refractivity contribution is 5.23. The van der Waals surface area contributed by atoms with Crippen molar-refractivity contribution in [3.05, 3.63) is 41.7 Å². The normalized spacial score (nSPS) is 12.6. The van der Waals surface area contributed by atoms with E-state index in [1.54, 1.807) is 0 Å². The van der Waals surface area contributed by atoms with Gasteiger partial charge in [0.2, 0.25) is 0 Å². The minimum atomic E-state index is -0.0319. The van der Waals surface area contributed by atoms with Crippen LogP contribution in [0.3, 0.4) is 0 Å². The molecule has 1 aromatic carbocycles. The first-order chi connectivity index (χ1) is 9.70. The average Bonchev–Trinajstić information content (AvgIpc) is 2.93. The van der Waals surface area contributed by atoms with E-state index in [4.69, 9.17) is 9.26 Å². The summed E-state index contributed by atoms with van der Waals surface area (Å²) >= 11 is 0. The Bertz CT molecular complexity index is 511. The average molecular weight is 275 g/mol. The molecule has 5 heteroatoms. The molecule has 2 aromatic rings. The van der Waals surface area contributed by atoms with E-state index in [1.165, 1.54) is 0 Å². The summed E-state index contributed by atoms with van der Waals surface area (Å²) in [7, 11) is 0. The second-order valence-corrected chi connectivity index (χ2v) is 4.85. The second kappa shape index (κ2) is 7.05. The molecule has 1 unspecified atom stereocenters. The highest BCUT2D eigenvalue weighted by Crippen LogP contribution is 2.18. The Morgan fingerprint density at radius 2 is 2.00 bits per heavy atom. The first-order valence-electron chi connectivity index (χ1n) is 6.94. The van der Waals surface area contributed by atoms with Crippen LogP contribution in [0.1, 0.15) is 44.2 Å². The number of hydrogen-bond donors (Lipinski definition) is 1. The molecule has 0 saturated heterocycles. The van der Waals surface area contributed by atoms with Crippen molar-refractivity contribution in [2.75, 3.05) is 18.5 Å². The lowest BCUT2D eigenvalue weighted by atomic mass is 10.1. The van der Waals surface area contributed by atoms with Crippen LogP contribution in [0, 0.1) is 0 Å². The molecule has 0 bridgehead atoms. The minimum absolute atomic E-state index is 0.0319. The van der Waals surface area contributed by atoms with Crippen molar-refractivity contribution in [1.29, 1.82) is 0 Å². The van der Waals surface area contributed by atoms with Crippen LogP contribution < -0.4 is 5.32 Å². The zero-order valence-corrected chi connectivity index (χ0v) is 12.2. The zero-order chi connectivity index (χ0) is 14.4. The predicted molar refractivity (Wildman–Crippen MR) is 77.7 cm³/mol. The molecular weight excluding hydrogens is 254 g/mol. The number of ether oxygens (including phenoxy) is 1. The van der Waals surface area contributed by atoms with Crippen molar-refractivity contribution < 1.29 is 9.26 Å². The number of rotatable bonds is 7. The van der Waals surface area contributed by atoms with E-state index in [9.17, 15) is 0 Å². The van der Waals surface area contributed by atoms with Gasteiger partial charge >= 0.3 is 6.01 Å². The van der Waals surface area contributed by atoms with Gasteiger partial charge in [-0.1, -0.05) is 49.3 Å². The Morgan fingerprint density at radius 3 is 2.60 bits per heavy atom. The number of nitrogens with one attached hydrogen (secondary N) is 1. The highest BCUT2D eigenvalue weighted by atomic mass is 16.5. The van der Waals surface area contributed by atoms with Gasteiger partial charge in [0.15, 0.2) is 5.82 Å². The summed E-state index contributed by atoms with van der Waals surface area (Å²) in [6.45, 7) is 7.29. The maximum absolute atomic E-state index is 5.75. The number of hydrogen-bond acceptors (Lipinski definition) is 5. The van der Waals surface area contributed by atoms with Gasteiger partial charge in [-0.3, -0.25) is 0 Å². The molecule has 108 valence electrons. The number of benzene rings is 1. The minimum Gasteiger partial charge on any atom is -0.372 e. The van der Waals surface area contributed by atoms with Crippen molar-refractivity contribution in [3.63, 3.8) is 0 Å². The number of anilines is 1. The summed E-state index contributed by atoms with van der Waals surface area (Å²) in [5.41, 5.74) is 1.13. The van der Waals surface area contributed by atoms with E-state index in [1.807, 2.05) is 39.0 Å². The lowest BCUT2D eigenvalue weighted by Gasteiger charge is -2.17. The molecule has 0 amide bonds. The van der Waals surface area contributed by atoms with Gasteiger partial charge in [0.25, 0.3) is 0 Å². The van der Waals surface area contributed by atoms with E-state index in [0.717, 1.165) is 5.56 Å². The molecule has 1 atom stereocenters. The lowest BCUT2D eigenvalue weighted by molar-refractivity contribution is 0.0714. The molecule has 0 aliphatic heterocycles. The van der Waals surface area contributed by atoms with Gasteiger partial charge in [-0.25, -0.2) is 0 Å². The Morgan fingerprint density at radius 1 is 1.25 bits per heavy atom. The third-order valence-corrected chi connectivity index (χ3v) is 2.94. The molecule has 2 rings (SSSR count). The fourth-order valence-corrected chi connectivity index (χ4v) is 1.86. The fourth-order valence-electron chi connectivity index (χ4n) is 1.86. The van der Waals surface area contributed by atoms with E-state index in [2.05, 4.69) is 27.6 Å². The van der Waals surface area contributed by atoms with Crippen molar-refractivity contribution >= 4 is 6.01 Å². The van der Waals surface area contributed by atoms with Gasteiger partial charge in [0, 0.05) is 19.1 Å². The molecule has 0 aliphatic rings. The smallest absolute Gasteiger partial charge is 0.321 e. The van der Waals surface area contributed by atoms with E-state index in [0.29, 0.717) is 25.0 Å². The van der Waals surface area contributed by atoms with Gasteiger partial charge in [-0.15, -0.1) is 0 Å². The summed E-state index contributed by atoms with van der Waals surface area (Å²) in [6.07, 6.45) is -0.0319. The molecule has 0 fully saturated rings. The van der Waals surface area contributed by atoms with Crippen LogP contribution in [0.2, 0.25) is 0 Å². The van der Waals surface area contributed by atoms with E-state index in [-0.39, 0.29) is 12.0 Å². The van der Waals surface area contributed by atoms with Crippen molar-refractivity contribution in [2.45, 2.75) is 32.8 Å². The van der Waals surface area contributed by atoms with Crippen LogP contribution in [0.4, 0.5) is 6.01 Å². The molecule has 1 heterocycles. The second-order valence-electron chi connectivity index (χ2n) is 4.85. The molecule has 0 radical (unpaired) electrons. The largest absolute Gasteiger partial charge is 0.372 e. The third kappa shape index (κ3) is 3.81. The third-order valence-electron chi connectivity index (χ3n) is 2.94. The Balaban J connectivity index is 1.98. The maximum Gasteiger partial charge on any atom is 0.321 e. The molecule has 20 heavy (non-hydrogen) atoms. The van der Waals surface area contributed by atoms with Gasteiger partial charge in [0.05, 0.1) is 6.10 Å². The first kappa shape index (κ1) is 14.5. The molecule has 0 aliphatic carbocycles. The molecule has 5 nitrogen and oxygen atoms in total. The van der Waals surface area contributed by atoms with Crippen LogP contribution in [0.5, 0.6) is 0 Å². The van der Waals surface area contributed by atoms with Crippen LogP contribution in [0.25, 0.3) is 0 Å². The van der Waals surface area contributed by atoms with E-state index < -0.39 is 0 Å². The summed E-state index contributed by atoms with van der Waals surface area (Å²) < 4.78 is 10.9. The van der Waals surface area contributed by atoms with Gasteiger partial charge in [0.1, 0.15) is 0 Å². The monoisotopic (exact) mass is 275 g/mol. The molecule has 0 saturated carbocycles. The quantitative estimate of drug-likeness (QED) is 0.839. The maximum atomic E-state index is 5.75. The fraction of sp³-hybridized carbons (Fsp3) is 0.467. The standard InChI is InChI=1S/C15H21N3O2/c1-4-19-13(12-8-6-5-7-9-12)10-16-15-17-14(11(2)3)18-20-15/h5-9,11,13H,4,10H2,1-3H3,(H,16,17,18). The van der Waals surface area contributed by atoms with Gasteiger partial charge < -0.3 is 14.6 Å². The van der Waals surface area contributed by atoms with Gasteiger partial charge in [-0.2, -0.15) is 4.98 Å². The Hall–Kier alpha value is -1.88. The Kier molecular flexibility index (Phi) is 5.12. The zero-order valence-electron chi connectivity index (χ0n) is 12.2. The summed E-state index contributed by atoms with van der Waals surface area (Å²) in [5.74, 6) is 0.964. The van der Waals surface area contributed by atoms with Crippen molar-refractivity contribution in [1.82, 2.24) is 10.1 Å². The molecular formula is C15H21N3O2. The molecule has 1 aromatic heterocycles. The summed E-state index contributed by atoms with van der Waals surface area (Å²) in [4.78, 5) is 4.29. The summed E-state index contributed by atoms with van der Waals surface area (Å²) in [6, 6.07) is 10.5. The summed E-state index contributed by atoms with van der Waals surface area (Å²) in [5, 5.41) is 7.06. The predicted octanol–water partition coefficient (Wildman–Crippen LogP) is 3.38. The highest BCUT2D eigenvalue weighted by Gasteiger charge is 2.14. The van der Waals surface area contributed by atoms with Crippen molar-refractivity contribution in [3.8, 4) is 0 Å². The van der Waals surface area contributed by atoms with Crippen LogP contribution in [0.15, 0.2) is 34.9 Å². The number of nitrogens with zero attached hydrogens (tertiary/aromatic N) is 2. The van der Waals surface area contributed by atoms with E-state index >= 15 is 0 Å². The first-order valence-corrected chi connectivity index (χ1v) is 6.94. The Labute approximate surface area is 119 Å².